The zero-order valence-electron chi connectivity index (χ0n) is 16.3. The van der Waals surface area contributed by atoms with E-state index in [-0.39, 0.29) is 22.6 Å². The van der Waals surface area contributed by atoms with Crippen molar-refractivity contribution < 1.29 is 23.0 Å². The lowest BCUT2D eigenvalue weighted by Gasteiger charge is -2.17. The van der Waals surface area contributed by atoms with E-state index in [1.807, 2.05) is 26.0 Å². The number of benzene rings is 2. The number of hydrogen-bond donors (Lipinski definition) is 2. The summed E-state index contributed by atoms with van der Waals surface area (Å²) in [5.74, 6) is 0.654. The second-order valence-electron chi connectivity index (χ2n) is 7.69. The van der Waals surface area contributed by atoms with Gasteiger partial charge in [0.15, 0.2) is 0 Å². The Balaban J connectivity index is 1.63. The number of rotatable bonds is 4. The molecule has 0 amide bonds. The van der Waals surface area contributed by atoms with Crippen molar-refractivity contribution in [3.05, 3.63) is 73.2 Å². The van der Waals surface area contributed by atoms with Gasteiger partial charge in [0.25, 0.3) is 0 Å². The first-order valence-electron chi connectivity index (χ1n) is 9.57. The molecule has 3 aromatic rings. The number of aromatic amines is 1. The molecule has 4 nitrogen and oxygen atoms in total. The first kappa shape index (κ1) is 20.5. The minimum Gasteiger partial charge on any atom is -0.494 e. The van der Waals surface area contributed by atoms with E-state index in [0.29, 0.717) is 21.9 Å². The van der Waals surface area contributed by atoms with E-state index in [0.717, 1.165) is 47.4 Å². The third-order valence-corrected chi connectivity index (χ3v) is 6.34. The number of H-pyrrole nitrogens is 1. The van der Waals surface area contributed by atoms with Crippen molar-refractivity contribution in [1.82, 2.24) is 4.98 Å². The number of aromatic hydroxyl groups is 1. The van der Waals surface area contributed by atoms with Crippen LogP contribution in [0.5, 0.6) is 17.4 Å². The second-order valence-corrected chi connectivity index (χ2v) is 8.70. The molecule has 158 valence electrons. The molecule has 0 fully saturated rings. The van der Waals surface area contributed by atoms with Crippen LogP contribution in [-0.2, 0) is 12.6 Å². The van der Waals surface area contributed by atoms with E-state index < -0.39 is 11.7 Å². The number of ether oxygens (including phenoxy) is 1. The van der Waals surface area contributed by atoms with Gasteiger partial charge in [0.1, 0.15) is 11.5 Å². The molecule has 0 saturated heterocycles. The maximum absolute atomic E-state index is 13.1. The lowest BCUT2D eigenvalue weighted by Crippen LogP contribution is -2.06. The van der Waals surface area contributed by atoms with Gasteiger partial charge in [-0.1, -0.05) is 31.3 Å². The van der Waals surface area contributed by atoms with Crippen molar-refractivity contribution in [1.29, 1.82) is 0 Å². The van der Waals surface area contributed by atoms with Gasteiger partial charge in [0.05, 0.1) is 10.4 Å². The third-order valence-electron chi connectivity index (χ3n) is 5.35. The maximum atomic E-state index is 13.1. The van der Waals surface area contributed by atoms with Crippen LogP contribution in [0.1, 0.15) is 59.2 Å². The molecule has 0 saturated carbocycles. The number of alkyl halides is 3. The Hall–Kier alpha value is -2.74. The molecule has 0 radical (unpaired) electrons. The summed E-state index contributed by atoms with van der Waals surface area (Å²) in [6.45, 7) is 3.65. The molecule has 8 heteroatoms. The van der Waals surface area contributed by atoms with Crippen LogP contribution in [0, 0.1) is 0 Å². The monoisotopic (exact) mass is 435 g/mol. The number of hydrogen-bond acceptors (Lipinski definition) is 4. The highest BCUT2D eigenvalue weighted by molar-refractivity contribution is 7.09. The van der Waals surface area contributed by atoms with Gasteiger partial charge in [0, 0.05) is 5.92 Å². The van der Waals surface area contributed by atoms with E-state index in [1.54, 1.807) is 6.07 Å². The molecule has 2 aromatic carbocycles. The van der Waals surface area contributed by atoms with Crippen molar-refractivity contribution in [2.24, 2.45) is 0 Å². The van der Waals surface area contributed by atoms with Gasteiger partial charge in [-0.3, -0.25) is 9.78 Å². The van der Waals surface area contributed by atoms with Gasteiger partial charge in [-0.2, -0.15) is 13.2 Å². The summed E-state index contributed by atoms with van der Waals surface area (Å²) in [5.41, 5.74) is 1.85. The normalized spacial score (nSPS) is 16.1. The lowest BCUT2D eigenvalue weighted by molar-refractivity contribution is -0.137. The van der Waals surface area contributed by atoms with Crippen LogP contribution in [0.2, 0.25) is 0 Å². The average Bonchev–Trinajstić information content (AvgIpc) is 3.22. The second kappa shape index (κ2) is 7.50. The summed E-state index contributed by atoms with van der Waals surface area (Å²) in [7, 11) is 0. The van der Waals surface area contributed by atoms with Gasteiger partial charge in [0.2, 0.25) is 5.88 Å². The van der Waals surface area contributed by atoms with Crippen LogP contribution in [0.4, 0.5) is 13.2 Å². The number of thiazole rings is 1. The SMILES string of the molecule is CC(C)c1cc(C(F)(F)F)ccc1Oc1ccc2c(c1)CC[C@H]2c1sc(=O)[nH]c1O. The quantitative estimate of drug-likeness (QED) is 0.516. The minimum atomic E-state index is -4.40. The van der Waals surface area contributed by atoms with Gasteiger partial charge < -0.3 is 9.84 Å². The first-order valence-corrected chi connectivity index (χ1v) is 10.4. The molecular weight excluding hydrogens is 415 g/mol. The molecule has 1 aliphatic rings. The fourth-order valence-electron chi connectivity index (χ4n) is 3.89. The highest BCUT2D eigenvalue weighted by Crippen LogP contribution is 2.44. The zero-order valence-corrected chi connectivity index (χ0v) is 17.2. The van der Waals surface area contributed by atoms with Gasteiger partial charge >= 0.3 is 11.0 Å². The van der Waals surface area contributed by atoms with Crippen LogP contribution in [0.25, 0.3) is 0 Å². The Bertz CT molecular complexity index is 1150. The Morgan fingerprint density at radius 2 is 1.97 bits per heavy atom. The van der Waals surface area contributed by atoms with E-state index in [2.05, 4.69) is 4.98 Å². The van der Waals surface area contributed by atoms with Crippen LogP contribution in [0.3, 0.4) is 0 Å². The van der Waals surface area contributed by atoms with Crippen molar-refractivity contribution in [2.75, 3.05) is 0 Å². The molecule has 2 N–H and O–H groups in total. The number of halogens is 3. The van der Waals surface area contributed by atoms with E-state index in [4.69, 9.17) is 4.74 Å². The van der Waals surface area contributed by atoms with Crippen LogP contribution in [0.15, 0.2) is 41.2 Å². The first-order chi connectivity index (χ1) is 14.1. The topological polar surface area (TPSA) is 62.3 Å². The standard InChI is InChI=1S/C22H20F3NO3S/c1-11(2)17-10-13(22(23,24)25)4-8-18(17)29-14-5-7-15-12(9-14)3-6-16(15)19-20(27)26-21(28)30-19/h4-5,7-11,16,27H,3,6H2,1-2H3,(H,26,28)/t16-/m1/s1. The van der Waals surface area contributed by atoms with Crippen LogP contribution >= 0.6 is 11.3 Å². The minimum absolute atomic E-state index is 0.0599. The average molecular weight is 435 g/mol. The largest absolute Gasteiger partial charge is 0.494 e. The number of nitrogens with one attached hydrogen (secondary N) is 1. The number of aromatic nitrogens is 1. The number of fused-ring (bicyclic) bond motifs is 1. The molecule has 0 spiro atoms. The maximum Gasteiger partial charge on any atom is 0.416 e. The predicted octanol–water partition coefficient (Wildman–Crippen LogP) is 6.15. The molecule has 0 unspecified atom stereocenters. The summed E-state index contributed by atoms with van der Waals surface area (Å²) in [6.07, 6.45) is -2.88. The van der Waals surface area contributed by atoms with Crippen LogP contribution < -0.4 is 9.61 Å². The van der Waals surface area contributed by atoms with Crippen molar-refractivity contribution in [3.8, 4) is 17.4 Å². The van der Waals surface area contributed by atoms with Gasteiger partial charge in [-0.05, 0) is 65.8 Å². The lowest BCUT2D eigenvalue weighted by atomic mass is 9.99. The Labute approximate surface area is 175 Å². The summed E-state index contributed by atoms with van der Waals surface area (Å²) in [4.78, 5) is 14.3. The number of aryl methyl sites for hydroxylation is 1. The zero-order chi connectivity index (χ0) is 21.6. The molecule has 1 atom stereocenters. The van der Waals surface area contributed by atoms with Crippen molar-refractivity contribution >= 4 is 11.3 Å². The third kappa shape index (κ3) is 3.84. The molecule has 30 heavy (non-hydrogen) atoms. The molecule has 1 aliphatic carbocycles. The summed E-state index contributed by atoms with van der Waals surface area (Å²) in [6, 6.07) is 9.07. The van der Waals surface area contributed by atoms with E-state index in [1.165, 1.54) is 6.07 Å². The highest BCUT2D eigenvalue weighted by Gasteiger charge is 2.32. The fraction of sp³-hybridized carbons (Fsp3) is 0.318. The smallest absolute Gasteiger partial charge is 0.416 e. The molecule has 4 rings (SSSR count). The van der Waals surface area contributed by atoms with Crippen molar-refractivity contribution in [2.45, 2.75) is 44.7 Å². The highest BCUT2D eigenvalue weighted by atomic mass is 32.1. The van der Waals surface area contributed by atoms with Crippen LogP contribution in [-0.4, -0.2) is 10.1 Å². The summed E-state index contributed by atoms with van der Waals surface area (Å²) < 4.78 is 45.2. The fourth-order valence-corrected chi connectivity index (χ4v) is 4.78. The van der Waals surface area contributed by atoms with E-state index in [9.17, 15) is 23.1 Å². The van der Waals surface area contributed by atoms with Crippen molar-refractivity contribution in [3.63, 3.8) is 0 Å². The molecule has 0 bridgehead atoms. The van der Waals surface area contributed by atoms with Gasteiger partial charge in [-0.25, -0.2) is 0 Å². The summed E-state index contributed by atoms with van der Waals surface area (Å²) in [5, 5.41) is 9.98. The Morgan fingerprint density at radius 3 is 2.60 bits per heavy atom. The molecule has 1 heterocycles. The van der Waals surface area contributed by atoms with Gasteiger partial charge in [-0.15, -0.1) is 0 Å². The Kier molecular flexibility index (Phi) is 5.13. The predicted molar refractivity (Wildman–Crippen MR) is 109 cm³/mol. The summed E-state index contributed by atoms with van der Waals surface area (Å²) >= 11 is 1.01. The van der Waals surface area contributed by atoms with E-state index >= 15 is 0 Å². The molecule has 0 aliphatic heterocycles. The molecule has 1 aromatic heterocycles. The molecular formula is C22H20F3NO3S. The Morgan fingerprint density at radius 1 is 1.20 bits per heavy atom.